The number of rotatable bonds is 5. The molecule has 0 heterocycles. The lowest BCUT2D eigenvalue weighted by molar-refractivity contribution is 0.706. The topological polar surface area (TPSA) is 23.9 Å². The highest BCUT2D eigenvalue weighted by molar-refractivity contribution is 8.22. The Hall–Kier alpha value is 0.370. The van der Waals surface area contributed by atoms with Crippen molar-refractivity contribution >= 4 is 20.4 Å². The average Bonchev–Trinajstić information content (AvgIpc) is 1.80. The molecule has 0 aromatic heterocycles. The second kappa shape index (κ2) is 6.49. The number of thiol groups is 1. The van der Waals surface area contributed by atoms with Crippen molar-refractivity contribution in [3.8, 4) is 0 Å². The van der Waals surface area contributed by atoms with Gasteiger partial charge in [-0.3, -0.25) is 4.78 Å². The van der Waals surface area contributed by atoms with Crippen LogP contribution < -0.4 is 0 Å². The van der Waals surface area contributed by atoms with E-state index in [1.165, 1.54) is 25.7 Å². The van der Waals surface area contributed by atoms with Gasteiger partial charge in [0.2, 0.25) is 0 Å². The van der Waals surface area contributed by atoms with Crippen molar-refractivity contribution in [3.63, 3.8) is 0 Å². The quantitative estimate of drug-likeness (QED) is 0.473. The first-order valence-electron chi connectivity index (χ1n) is 3.43. The molecule has 9 heavy (non-hydrogen) atoms. The second-order valence-electron chi connectivity index (χ2n) is 2.16. The summed E-state index contributed by atoms with van der Waals surface area (Å²) in [5, 5.41) is 0. The van der Waals surface area contributed by atoms with Crippen LogP contribution in [0.15, 0.2) is 0 Å². The minimum atomic E-state index is -0.784. The van der Waals surface area contributed by atoms with Crippen LogP contribution in [-0.4, -0.2) is 5.75 Å². The predicted octanol–water partition coefficient (Wildman–Crippen LogP) is 2.14. The third kappa shape index (κ3) is 8.37. The van der Waals surface area contributed by atoms with Crippen LogP contribution in [0.25, 0.3) is 0 Å². The molecule has 1 unspecified atom stereocenters. The van der Waals surface area contributed by atoms with Crippen molar-refractivity contribution in [2.45, 2.75) is 32.6 Å². The van der Waals surface area contributed by atoms with Gasteiger partial charge in [-0.25, -0.2) is 0 Å². The standard InChI is InChI=1S/C6H15NS2/c1-2-3-4-5-6-9(7)8/h7,9H,2-6H2,1H3. The molecule has 1 N–H and O–H groups in total. The summed E-state index contributed by atoms with van der Waals surface area (Å²) in [6.07, 6.45) is 5.02. The van der Waals surface area contributed by atoms with Gasteiger partial charge in [0.15, 0.2) is 0 Å². The molecule has 0 bridgehead atoms. The van der Waals surface area contributed by atoms with Gasteiger partial charge in [-0.05, 0) is 17.6 Å². The zero-order valence-corrected chi connectivity index (χ0v) is 7.60. The maximum Gasteiger partial charge on any atom is 0.00490 e. The first-order chi connectivity index (χ1) is 4.27. The van der Waals surface area contributed by atoms with E-state index in [0.29, 0.717) is 0 Å². The molecule has 0 radical (unpaired) electrons. The number of nitrogens with one attached hydrogen (secondary N) is 1. The van der Waals surface area contributed by atoms with Crippen LogP contribution in [-0.2, 0) is 20.4 Å². The molecule has 0 spiro atoms. The van der Waals surface area contributed by atoms with Gasteiger partial charge in [-0.15, -0.1) is 0 Å². The summed E-state index contributed by atoms with van der Waals surface area (Å²) in [5.74, 6) is 0.963. The largest absolute Gasteiger partial charge is 0.279 e. The SMILES string of the molecule is CCCCCC[SH](=N)=S. The van der Waals surface area contributed by atoms with Gasteiger partial charge in [0.1, 0.15) is 0 Å². The highest BCUT2D eigenvalue weighted by Crippen LogP contribution is 1.97. The van der Waals surface area contributed by atoms with Crippen LogP contribution in [0.1, 0.15) is 32.6 Å². The molecule has 56 valence electrons. The predicted molar refractivity (Wildman–Crippen MR) is 47.9 cm³/mol. The fraction of sp³-hybridized carbons (Fsp3) is 1.00. The normalized spacial score (nSPS) is 13.4. The van der Waals surface area contributed by atoms with Gasteiger partial charge in [0.05, 0.1) is 0 Å². The molecular weight excluding hydrogens is 150 g/mol. The average molecular weight is 165 g/mol. The number of hydrogen-bond donors (Lipinski definition) is 2. The van der Waals surface area contributed by atoms with Gasteiger partial charge in [0.25, 0.3) is 0 Å². The molecule has 0 aliphatic carbocycles. The van der Waals surface area contributed by atoms with Crippen LogP contribution in [0.2, 0.25) is 0 Å². The highest BCUT2D eigenvalue weighted by Gasteiger charge is 1.84. The summed E-state index contributed by atoms with van der Waals surface area (Å²) in [6, 6.07) is 0. The van der Waals surface area contributed by atoms with E-state index in [1.54, 1.807) is 0 Å². The van der Waals surface area contributed by atoms with Crippen molar-refractivity contribution in [3.05, 3.63) is 0 Å². The lowest BCUT2D eigenvalue weighted by Gasteiger charge is -1.93. The summed E-state index contributed by atoms with van der Waals surface area (Å²) >= 11 is 4.76. The maximum atomic E-state index is 7.09. The third-order valence-corrected chi connectivity index (χ3v) is 2.48. The minimum Gasteiger partial charge on any atom is -0.279 e. The van der Waals surface area contributed by atoms with E-state index in [-0.39, 0.29) is 0 Å². The van der Waals surface area contributed by atoms with E-state index in [9.17, 15) is 0 Å². The van der Waals surface area contributed by atoms with Crippen LogP contribution in [0, 0.1) is 4.78 Å². The smallest absolute Gasteiger partial charge is 0.00490 e. The highest BCUT2D eigenvalue weighted by atomic mass is 32.8. The summed E-state index contributed by atoms with van der Waals surface area (Å²) < 4.78 is 7.09. The van der Waals surface area contributed by atoms with E-state index in [2.05, 4.69) is 6.92 Å². The van der Waals surface area contributed by atoms with Gasteiger partial charge >= 0.3 is 0 Å². The molecule has 1 atom stereocenters. The van der Waals surface area contributed by atoms with E-state index >= 15 is 0 Å². The number of hydrogen-bond acceptors (Lipinski definition) is 2. The summed E-state index contributed by atoms with van der Waals surface area (Å²) in [5.41, 5.74) is 0. The summed E-state index contributed by atoms with van der Waals surface area (Å²) in [6.45, 7) is 2.19. The molecule has 0 fully saturated rings. The molecule has 0 aliphatic heterocycles. The fourth-order valence-corrected chi connectivity index (χ4v) is 1.58. The Morgan fingerprint density at radius 1 is 1.33 bits per heavy atom. The molecule has 0 saturated carbocycles. The van der Waals surface area contributed by atoms with Gasteiger partial charge in [0, 0.05) is 5.75 Å². The monoisotopic (exact) mass is 165 g/mol. The molecule has 0 rings (SSSR count). The zero-order valence-electron chi connectivity index (χ0n) is 5.89. The Kier molecular flexibility index (Phi) is 6.76. The van der Waals surface area contributed by atoms with Gasteiger partial charge < -0.3 is 0 Å². The molecule has 0 aromatic rings. The van der Waals surface area contributed by atoms with E-state index in [1.807, 2.05) is 0 Å². The van der Waals surface area contributed by atoms with E-state index in [0.717, 1.165) is 5.75 Å². The van der Waals surface area contributed by atoms with Crippen molar-refractivity contribution in [1.82, 2.24) is 0 Å². The lowest BCUT2D eigenvalue weighted by atomic mass is 10.2. The van der Waals surface area contributed by atoms with Crippen LogP contribution in [0.4, 0.5) is 0 Å². The van der Waals surface area contributed by atoms with Crippen molar-refractivity contribution in [2.24, 2.45) is 0 Å². The zero-order chi connectivity index (χ0) is 7.11. The van der Waals surface area contributed by atoms with Crippen LogP contribution in [0.3, 0.4) is 0 Å². The molecule has 1 nitrogen and oxygen atoms in total. The Balaban J connectivity index is 2.92. The summed E-state index contributed by atoms with van der Waals surface area (Å²) in [7, 11) is -0.784. The van der Waals surface area contributed by atoms with Gasteiger partial charge in [-0.1, -0.05) is 35.4 Å². The van der Waals surface area contributed by atoms with E-state index in [4.69, 9.17) is 16.0 Å². The van der Waals surface area contributed by atoms with Crippen molar-refractivity contribution in [1.29, 1.82) is 4.78 Å². The first-order valence-corrected chi connectivity index (χ1v) is 5.97. The molecule has 0 amide bonds. The Morgan fingerprint density at radius 3 is 2.44 bits per heavy atom. The Bertz CT molecular complexity index is 110. The Morgan fingerprint density at radius 2 is 2.00 bits per heavy atom. The van der Waals surface area contributed by atoms with E-state index < -0.39 is 9.25 Å². The molecular formula is C6H15NS2. The van der Waals surface area contributed by atoms with Crippen LogP contribution in [0.5, 0.6) is 0 Å². The number of unbranched alkanes of at least 4 members (excludes halogenated alkanes) is 3. The van der Waals surface area contributed by atoms with Gasteiger partial charge in [-0.2, -0.15) is 0 Å². The van der Waals surface area contributed by atoms with Crippen LogP contribution >= 0.6 is 0 Å². The molecule has 3 heteroatoms. The third-order valence-electron chi connectivity index (χ3n) is 1.21. The molecule has 0 saturated heterocycles. The molecule has 0 aromatic carbocycles. The Labute approximate surface area is 64.0 Å². The van der Waals surface area contributed by atoms with Crippen molar-refractivity contribution in [2.75, 3.05) is 5.75 Å². The summed E-state index contributed by atoms with van der Waals surface area (Å²) in [4.78, 5) is 0. The molecule has 0 aliphatic rings. The van der Waals surface area contributed by atoms with Crippen molar-refractivity contribution < 1.29 is 0 Å². The minimum absolute atomic E-state index is 0.784. The first kappa shape index (κ1) is 9.37. The lowest BCUT2D eigenvalue weighted by Crippen LogP contribution is -1.84. The maximum absolute atomic E-state index is 7.09. The second-order valence-corrected chi connectivity index (χ2v) is 4.69. The fourth-order valence-electron chi connectivity index (χ4n) is 0.682.